The highest BCUT2D eigenvalue weighted by molar-refractivity contribution is 7.18. The monoisotopic (exact) mass is 292 g/mol. The molecule has 1 amide bonds. The van der Waals surface area contributed by atoms with E-state index in [0.29, 0.717) is 25.5 Å². The average Bonchev–Trinajstić information content (AvgIpc) is 2.94. The standard InChI is InChI=1S/C13H16N4O2S/c1-7-8(2)20-12-10(7)11(14-3)15-9(16-12)6-17-4-5-19-13(17)18/h4-6H2,1-3H3,(H,14,15,16). The summed E-state index contributed by atoms with van der Waals surface area (Å²) in [6.07, 6.45) is -0.293. The number of carbonyl (C=O) groups is 1. The molecule has 3 heterocycles. The lowest BCUT2D eigenvalue weighted by molar-refractivity contribution is 0.156. The third-order valence-corrected chi connectivity index (χ3v) is 4.59. The minimum Gasteiger partial charge on any atom is -0.448 e. The predicted molar refractivity (Wildman–Crippen MR) is 78.2 cm³/mol. The van der Waals surface area contributed by atoms with Gasteiger partial charge >= 0.3 is 6.09 Å². The first-order valence-corrected chi connectivity index (χ1v) is 7.28. The fourth-order valence-corrected chi connectivity index (χ4v) is 3.33. The number of cyclic esters (lactones) is 1. The zero-order valence-electron chi connectivity index (χ0n) is 11.7. The number of nitrogens with zero attached hydrogens (tertiary/aromatic N) is 3. The highest BCUT2D eigenvalue weighted by Gasteiger charge is 2.24. The summed E-state index contributed by atoms with van der Waals surface area (Å²) in [7, 11) is 1.85. The molecule has 1 N–H and O–H groups in total. The molecule has 0 unspecified atom stereocenters. The molecule has 1 saturated heterocycles. The number of aryl methyl sites for hydroxylation is 2. The van der Waals surface area contributed by atoms with Gasteiger partial charge in [-0.3, -0.25) is 4.90 Å². The Balaban J connectivity index is 2.02. The molecule has 0 radical (unpaired) electrons. The summed E-state index contributed by atoms with van der Waals surface area (Å²) in [6.45, 7) is 5.59. The van der Waals surface area contributed by atoms with Crippen LogP contribution in [0.4, 0.5) is 10.6 Å². The summed E-state index contributed by atoms with van der Waals surface area (Å²) < 4.78 is 4.92. The number of amides is 1. The number of fused-ring (bicyclic) bond motifs is 1. The Bertz CT molecular complexity index is 683. The molecule has 2 aromatic heterocycles. The molecule has 1 fully saturated rings. The van der Waals surface area contributed by atoms with E-state index in [0.717, 1.165) is 16.0 Å². The van der Waals surface area contributed by atoms with E-state index >= 15 is 0 Å². The van der Waals surface area contributed by atoms with Crippen LogP contribution in [0.3, 0.4) is 0 Å². The van der Waals surface area contributed by atoms with Crippen molar-refractivity contribution in [1.82, 2.24) is 14.9 Å². The molecule has 106 valence electrons. The molecule has 0 bridgehead atoms. The van der Waals surface area contributed by atoms with Crippen LogP contribution in [0.2, 0.25) is 0 Å². The van der Waals surface area contributed by atoms with E-state index in [1.165, 1.54) is 10.4 Å². The van der Waals surface area contributed by atoms with E-state index in [2.05, 4.69) is 29.1 Å². The van der Waals surface area contributed by atoms with E-state index < -0.39 is 0 Å². The number of carbonyl (C=O) groups excluding carboxylic acids is 1. The summed E-state index contributed by atoms with van der Waals surface area (Å²) in [4.78, 5) is 24.4. The fourth-order valence-electron chi connectivity index (χ4n) is 2.29. The molecule has 7 heteroatoms. The Hall–Kier alpha value is -1.89. The van der Waals surface area contributed by atoms with Gasteiger partial charge in [0.2, 0.25) is 0 Å². The minimum atomic E-state index is -0.293. The van der Waals surface area contributed by atoms with Gasteiger partial charge in [0.15, 0.2) is 5.82 Å². The maximum absolute atomic E-state index is 11.5. The number of aromatic nitrogens is 2. The minimum absolute atomic E-state index is 0.293. The van der Waals surface area contributed by atoms with Crippen molar-refractivity contribution in [2.45, 2.75) is 20.4 Å². The van der Waals surface area contributed by atoms with E-state index in [4.69, 9.17) is 4.74 Å². The third kappa shape index (κ3) is 2.07. The first kappa shape index (κ1) is 13.1. The molecule has 0 saturated carbocycles. The Morgan fingerprint density at radius 1 is 1.40 bits per heavy atom. The van der Waals surface area contributed by atoms with Gasteiger partial charge in [0.05, 0.1) is 18.5 Å². The number of thiophene rings is 1. The topological polar surface area (TPSA) is 67.3 Å². The molecule has 2 aromatic rings. The second-order valence-corrected chi connectivity index (χ2v) is 5.94. The SMILES string of the molecule is CNc1nc(CN2CCOC2=O)nc2sc(C)c(C)c12. The molecule has 0 aromatic carbocycles. The zero-order chi connectivity index (χ0) is 14.3. The van der Waals surface area contributed by atoms with Crippen molar-refractivity contribution in [2.24, 2.45) is 0 Å². The van der Waals surface area contributed by atoms with Gasteiger partial charge in [0.1, 0.15) is 17.3 Å². The van der Waals surface area contributed by atoms with Gasteiger partial charge in [-0.2, -0.15) is 0 Å². The van der Waals surface area contributed by atoms with Crippen LogP contribution < -0.4 is 5.32 Å². The normalized spacial score (nSPS) is 14.9. The van der Waals surface area contributed by atoms with Gasteiger partial charge in [-0.25, -0.2) is 14.8 Å². The van der Waals surface area contributed by atoms with Crippen LogP contribution >= 0.6 is 11.3 Å². The maximum Gasteiger partial charge on any atom is 0.410 e. The van der Waals surface area contributed by atoms with Gasteiger partial charge < -0.3 is 10.1 Å². The predicted octanol–water partition coefficient (Wildman–Crippen LogP) is 2.30. The lowest BCUT2D eigenvalue weighted by atomic mass is 10.2. The van der Waals surface area contributed by atoms with Gasteiger partial charge in [-0.15, -0.1) is 11.3 Å². The van der Waals surface area contributed by atoms with Crippen LogP contribution in [0.1, 0.15) is 16.3 Å². The molecule has 0 atom stereocenters. The third-order valence-electron chi connectivity index (χ3n) is 3.49. The Labute approximate surface area is 120 Å². The molecule has 20 heavy (non-hydrogen) atoms. The molecule has 1 aliphatic rings. The first-order valence-electron chi connectivity index (χ1n) is 6.46. The van der Waals surface area contributed by atoms with E-state index in [1.807, 2.05) is 7.05 Å². The molecule has 1 aliphatic heterocycles. The summed E-state index contributed by atoms with van der Waals surface area (Å²) >= 11 is 1.66. The molecule has 0 aliphatic carbocycles. The number of hydrogen-bond acceptors (Lipinski definition) is 6. The Morgan fingerprint density at radius 2 is 2.20 bits per heavy atom. The number of anilines is 1. The average molecular weight is 292 g/mol. The number of rotatable bonds is 3. The van der Waals surface area contributed by atoms with Crippen molar-refractivity contribution in [1.29, 1.82) is 0 Å². The van der Waals surface area contributed by atoms with Gasteiger partial charge in [0.25, 0.3) is 0 Å². The smallest absolute Gasteiger partial charge is 0.410 e. The molecule has 6 nitrogen and oxygen atoms in total. The highest BCUT2D eigenvalue weighted by Crippen LogP contribution is 2.33. The molecular formula is C13H16N4O2S. The van der Waals surface area contributed by atoms with Crippen LogP contribution in [0.5, 0.6) is 0 Å². The Morgan fingerprint density at radius 3 is 2.85 bits per heavy atom. The second-order valence-electron chi connectivity index (χ2n) is 4.74. The zero-order valence-corrected chi connectivity index (χ0v) is 12.5. The van der Waals surface area contributed by atoms with Crippen LogP contribution in [0.15, 0.2) is 0 Å². The summed E-state index contributed by atoms with van der Waals surface area (Å²) in [6, 6.07) is 0. The highest BCUT2D eigenvalue weighted by atomic mass is 32.1. The van der Waals surface area contributed by atoms with Crippen molar-refractivity contribution in [3.05, 3.63) is 16.3 Å². The van der Waals surface area contributed by atoms with E-state index in [-0.39, 0.29) is 6.09 Å². The quantitative estimate of drug-likeness (QED) is 0.940. The van der Waals surface area contributed by atoms with Crippen LogP contribution in [-0.4, -0.2) is 41.2 Å². The molecule has 0 spiro atoms. The Kier molecular flexibility index (Phi) is 3.21. The number of nitrogens with one attached hydrogen (secondary N) is 1. The van der Waals surface area contributed by atoms with Crippen LogP contribution in [0.25, 0.3) is 10.2 Å². The maximum atomic E-state index is 11.5. The fraction of sp³-hybridized carbons (Fsp3) is 0.462. The number of hydrogen-bond donors (Lipinski definition) is 1. The summed E-state index contributed by atoms with van der Waals surface area (Å²) in [5.74, 6) is 1.46. The van der Waals surface area contributed by atoms with Crippen molar-refractivity contribution in [3.8, 4) is 0 Å². The van der Waals surface area contributed by atoms with Crippen molar-refractivity contribution >= 4 is 33.5 Å². The van der Waals surface area contributed by atoms with E-state index in [9.17, 15) is 4.79 Å². The van der Waals surface area contributed by atoms with Gasteiger partial charge in [0, 0.05) is 11.9 Å². The van der Waals surface area contributed by atoms with Crippen molar-refractivity contribution in [3.63, 3.8) is 0 Å². The number of ether oxygens (including phenoxy) is 1. The van der Waals surface area contributed by atoms with Gasteiger partial charge in [-0.1, -0.05) is 0 Å². The van der Waals surface area contributed by atoms with Crippen molar-refractivity contribution < 1.29 is 9.53 Å². The summed E-state index contributed by atoms with van der Waals surface area (Å²) in [5, 5.41) is 4.19. The van der Waals surface area contributed by atoms with Crippen molar-refractivity contribution in [2.75, 3.05) is 25.5 Å². The summed E-state index contributed by atoms with van der Waals surface area (Å²) in [5.41, 5.74) is 1.21. The largest absolute Gasteiger partial charge is 0.448 e. The lowest BCUT2D eigenvalue weighted by Gasteiger charge is -2.12. The first-order chi connectivity index (χ1) is 9.60. The van der Waals surface area contributed by atoms with Gasteiger partial charge in [-0.05, 0) is 19.4 Å². The lowest BCUT2D eigenvalue weighted by Crippen LogP contribution is -2.24. The van der Waals surface area contributed by atoms with Crippen LogP contribution in [-0.2, 0) is 11.3 Å². The van der Waals surface area contributed by atoms with Crippen LogP contribution in [0, 0.1) is 13.8 Å². The molecule has 3 rings (SSSR count). The van der Waals surface area contributed by atoms with E-state index in [1.54, 1.807) is 16.2 Å². The molecular weight excluding hydrogens is 276 g/mol. The second kappa shape index (κ2) is 4.90.